The Kier molecular flexibility index (Phi) is 34.3. The van der Waals surface area contributed by atoms with Gasteiger partial charge in [0.05, 0.1) is 77.0 Å². The first-order chi connectivity index (χ1) is 41.3. The normalized spacial score (nSPS) is 12.3. The highest BCUT2D eigenvalue weighted by Gasteiger charge is 2.30. The average molecular weight is 1280 g/mol. The van der Waals surface area contributed by atoms with Gasteiger partial charge in [0.25, 0.3) is 0 Å². The minimum atomic E-state index is -1.37. The van der Waals surface area contributed by atoms with E-state index in [1.54, 1.807) is 48.5 Å². The van der Waals surface area contributed by atoms with E-state index in [0.29, 0.717) is 41.2 Å². The molecule has 35 heteroatoms. The maximum absolute atomic E-state index is 12.9. The Hall–Kier alpha value is -8.58. The Morgan fingerprint density at radius 2 is 0.784 bits per heavy atom. The summed E-state index contributed by atoms with van der Waals surface area (Å²) in [5, 5.41) is 106. The van der Waals surface area contributed by atoms with Gasteiger partial charge in [0.1, 0.15) is 6.04 Å². The van der Waals surface area contributed by atoms with Crippen molar-refractivity contribution in [1.29, 1.82) is 0 Å². The Morgan fingerprint density at radius 3 is 1.15 bits per heavy atom. The number of carboxylic acids is 10. The molecule has 0 bridgehead atoms. The third kappa shape index (κ3) is 34.5. The van der Waals surface area contributed by atoms with E-state index < -0.39 is 155 Å². The monoisotopic (exact) mass is 1280 g/mol. The van der Waals surface area contributed by atoms with Crippen molar-refractivity contribution in [2.24, 2.45) is 5.73 Å². The lowest BCUT2D eigenvalue weighted by Crippen LogP contribution is -2.51. The number of hydrogen-bond acceptors (Lipinski definition) is 20. The molecule has 33 nitrogen and oxygen atoms in total. The number of nitrogens with one attached hydrogen (secondary N) is 4. The number of carboxylic acid groups (broad SMARTS) is 10. The molecule has 2 unspecified atom stereocenters. The number of benzene rings is 2. The zero-order valence-corrected chi connectivity index (χ0v) is 49.4. The van der Waals surface area contributed by atoms with Gasteiger partial charge in [-0.15, -0.1) is 0 Å². The van der Waals surface area contributed by atoms with Gasteiger partial charge >= 0.3 is 59.7 Å². The SMILES string of the molecule is NC(=O)C(CCCCNC(=S)Cc1ccc(C[C@@H](CN(CCN(CC(=O)O)CC(=O)O)CC(=O)O)N(CC(=O)O)CC(=O)O)cc1)NC(=O)CNC(=S)Nc1ccc(CC(CN(CCN(CC(=O)O)CC(=O)O)CC(=O)O)N(CC(=O)O)CC(=O)O)cc1. The summed E-state index contributed by atoms with van der Waals surface area (Å²) >= 11 is 10.9. The summed E-state index contributed by atoms with van der Waals surface area (Å²) in [6.07, 6.45) is 1.44. The summed E-state index contributed by atoms with van der Waals surface area (Å²) in [5.41, 5.74) is 7.94. The van der Waals surface area contributed by atoms with Crippen molar-refractivity contribution in [3.8, 4) is 0 Å². The molecule has 0 radical (unpaired) electrons. The van der Waals surface area contributed by atoms with E-state index in [2.05, 4.69) is 21.3 Å². The predicted molar refractivity (Wildman–Crippen MR) is 317 cm³/mol. The van der Waals surface area contributed by atoms with Crippen molar-refractivity contribution in [2.45, 2.75) is 56.7 Å². The Bertz CT molecular complexity index is 2680. The van der Waals surface area contributed by atoms with E-state index in [4.69, 9.17) is 30.2 Å². The van der Waals surface area contributed by atoms with Crippen LogP contribution in [0.5, 0.6) is 0 Å². The fourth-order valence-corrected chi connectivity index (χ4v) is 9.48. The van der Waals surface area contributed by atoms with Gasteiger partial charge in [-0.05, 0) is 73.1 Å². The highest BCUT2D eigenvalue weighted by Crippen LogP contribution is 2.17. The van der Waals surface area contributed by atoms with E-state index in [1.165, 1.54) is 9.80 Å². The lowest BCUT2D eigenvalue weighted by atomic mass is 10.0. The molecule has 3 atom stereocenters. The van der Waals surface area contributed by atoms with E-state index in [-0.39, 0.29) is 76.6 Å². The number of unbranched alkanes of at least 4 members (excludes halogenated alkanes) is 1. The number of nitrogens with two attached hydrogens (primary N) is 1. The van der Waals surface area contributed by atoms with Crippen LogP contribution in [0.3, 0.4) is 0 Å². The second-order valence-corrected chi connectivity index (χ2v) is 21.1. The molecule has 0 saturated carbocycles. The van der Waals surface area contributed by atoms with Gasteiger partial charge in [-0.3, -0.25) is 86.9 Å². The standard InChI is InChI=1S/C53H75N11O22S2/c54-52(86)39(3-1-2-12-55-41(87)19-35-6-4-33(5-7-35)17-37(63(29-48(78)79)30-49(80)81)21-59(23-42(66)67)13-15-61(25-44(70)71)26-45(72)73)58-40(65)20-56-53(88)57-36-10-8-34(9-11-36)18-38(64(31-50(82)83)32-51(84)85)22-60(24-43(68)69)14-16-62(27-46(74)75)28-47(76)77/h4-11,37-39H,1-3,12-32H2,(H2,54,86)(H,55,87)(H,58,65)(H,66,67)(H,68,69)(H,70,71)(H,72,73)(H,74,75)(H,76,77)(H,78,79)(H,80,81)(H,82,83)(H,84,85)(H2,56,57,88)/t37-,38?,39?/m0/s1. The molecular weight excluding hydrogens is 1210 g/mol. The van der Waals surface area contributed by atoms with Gasteiger partial charge in [-0.25, -0.2) is 0 Å². The van der Waals surface area contributed by atoms with Gasteiger partial charge < -0.3 is 78.1 Å². The number of aliphatic carboxylic acids is 10. The summed E-state index contributed by atoms with van der Waals surface area (Å²) in [6.45, 7) is -7.90. The van der Waals surface area contributed by atoms with E-state index in [0.717, 1.165) is 25.2 Å². The fourth-order valence-electron chi connectivity index (χ4n) is 9.03. The Balaban J connectivity index is 2.01. The van der Waals surface area contributed by atoms with Crippen LogP contribution in [0.2, 0.25) is 0 Å². The molecule has 0 saturated heterocycles. The highest BCUT2D eigenvalue weighted by molar-refractivity contribution is 7.80. The molecule has 16 N–H and O–H groups in total. The van der Waals surface area contributed by atoms with Crippen LogP contribution in [0.25, 0.3) is 0 Å². The average Bonchev–Trinajstić information content (AvgIpc) is 3.61. The molecule has 2 amide bonds. The smallest absolute Gasteiger partial charge is 0.317 e. The van der Waals surface area contributed by atoms with Crippen LogP contribution in [0.1, 0.15) is 36.0 Å². The molecule has 88 heavy (non-hydrogen) atoms. The van der Waals surface area contributed by atoms with Crippen LogP contribution in [-0.4, -0.2) is 298 Å². The predicted octanol–water partition coefficient (Wildman–Crippen LogP) is -3.25. The summed E-state index contributed by atoms with van der Waals surface area (Å²) in [7, 11) is 0. The molecular formula is C53H75N11O22S2. The van der Waals surface area contributed by atoms with E-state index in [1.807, 2.05) is 0 Å². The summed E-state index contributed by atoms with van der Waals surface area (Å²) in [5.74, 6) is -14.7. The Morgan fingerprint density at radius 1 is 0.443 bits per heavy atom. The summed E-state index contributed by atoms with van der Waals surface area (Å²) < 4.78 is 0. The number of thiocarbonyl (C=S) groups is 2. The first-order valence-electron chi connectivity index (χ1n) is 27.0. The van der Waals surface area contributed by atoms with Crippen molar-refractivity contribution in [1.82, 2.24) is 45.3 Å². The number of amides is 2. The molecule has 0 spiro atoms. The number of carbonyl (C=O) groups is 12. The molecule has 0 aliphatic rings. The lowest BCUT2D eigenvalue weighted by molar-refractivity contribution is -0.145. The number of anilines is 1. The second-order valence-electron chi connectivity index (χ2n) is 20.2. The fraction of sp³-hybridized carbons (Fsp3) is 0.509. The summed E-state index contributed by atoms with van der Waals surface area (Å²) in [6, 6.07) is 10.4. The third-order valence-electron chi connectivity index (χ3n) is 12.8. The number of primary amides is 1. The molecule has 2 aromatic carbocycles. The second kappa shape index (κ2) is 40.0. The maximum atomic E-state index is 12.9. The molecule has 2 aromatic rings. The number of nitrogens with zero attached hydrogens (tertiary/aromatic N) is 6. The van der Waals surface area contributed by atoms with Crippen molar-refractivity contribution in [3.63, 3.8) is 0 Å². The van der Waals surface area contributed by atoms with Crippen LogP contribution in [0.15, 0.2) is 48.5 Å². The van der Waals surface area contributed by atoms with Gasteiger partial charge in [0.15, 0.2) is 5.11 Å². The minimum Gasteiger partial charge on any atom is -0.480 e. The van der Waals surface area contributed by atoms with Gasteiger partial charge in [0, 0.05) is 70.0 Å². The molecule has 0 fully saturated rings. The molecule has 486 valence electrons. The quantitative estimate of drug-likeness (QED) is 0.0229. The van der Waals surface area contributed by atoms with Crippen LogP contribution in [0.4, 0.5) is 5.69 Å². The van der Waals surface area contributed by atoms with Crippen LogP contribution in [0, 0.1) is 0 Å². The molecule has 0 aromatic heterocycles. The van der Waals surface area contributed by atoms with Crippen molar-refractivity contribution in [3.05, 3.63) is 65.2 Å². The third-order valence-corrected chi connectivity index (χ3v) is 13.3. The van der Waals surface area contributed by atoms with Crippen molar-refractivity contribution < 1.29 is 109 Å². The maximum Gasteiger partial charge on any atom is 0.317 e. The Labute approximate surface area is 514 Å². The van der Waals surface area contributed by atoms with Crippen LogP contribution < -0.4 is 27.0 Å². The minimum absolute atomic E-state index is 0.00524. The first kappa shape index (κ1) is 75.5. The zero-order chi connectivity index (χ0) is 66.0. The summed E-state index contributed by atoms with van der Waals surface area (Å²) in [4.78, 5) is 149. The van der Waals surface area contributed by atoms with E-state index >= 15 is 0 Å². The zero-order valence-electron chi connectivity index (χ0n) is 47.8. The van der Waals surface area contributed by atoms with E-state index in [9.17, 15) is 109 Å². The van der Waals surface area contributed by atoms with Gasteiger partial charge in [-0.2, -0.15) is 0 Å². The van der Waals surface area contributed by atoms with Crippen LogP contribution >= 0.6 is 24.4 Å². The van der Waals surface area contributed by atoms with Crippen LogP contribution in [-0.2, 0) is 76.8 Å². The molecule has 0 aliphatic carbocycles. The lowest BCUT2D eigenvalue weighted by Gasteiger charge is -2.34. The number of rotatable bonds is 48. The molecule has 0 heterocycles. The number of hydrogen-bond donors (Lipinski definition) is 15. The highest BCUT2D eigenvalue weighted by atomic mass is 32.1. The molecule has 0 aliphatic heterocycles. The van der Waals surface area contributed by atoms with Crippen molar-refractivity contribution >= 4 is 112 Å². The topological polar surface area (TPSA) is 501 Å². The number of carbonyl (C=O) groups excluding carboxylic acids is 2. The largest absolute Gasteiger partial charge is 0.480 e. The first-order valence-corrected chi connectivity index (χ1v) is 27.8. The molecule has 2 rings (SSSR count). The van der Waals surface area contributed by atoms with Gasteiger partial charge in [0.2, 0.25) is 11.8 Å². The van der Waals surface area contributed by atoms with Gasteiger partial charge in [-0.1, -0.05) is 48.6 Å². The van der Waals surface area contributed by atoms with Crippen molar-refractivity contribution in [2.75, 3.05) is 123 Å².